The first-order chi connectivity index (χ1) is 9.08. The molecular formula is C15H25NO2S. The Bertz CT molecular complexity index is 391. The average molecular weight is 283 g/mol. The van der Waals surface area contributed by atoms with Crippen molar-refractivity contribution in [3.8, 4) is 0 Å². The van der Waals surface area contributed by atoms with Gasteiger partial charge in [-0.1, -0.05) is 13.8 Å². The highest BCUT2D eigenvalue weighted by Gasteiger charge is 2.26. The van der Waals surface area contributed by atoms with Crippen molar-refractivity contribution >= 4 is 11.3 Å². The quantitative estimate of drug-likeness (QED) is 0.871. The summed E-state index contributed by atoms with van der Waals surface area (Å²) in [6, 6.07) is 2.63. The summed E-state index contributed by atoms with van der Waals surface area (Å²) in [6.07, 6.45) is 0.720. The van der Waals surface area contributed by atoms with Gasteiger partial charge in [-0.25, -0.2) is 0 Å². The summed E-state index contributed by atoms with van der Waals surface area (Å²) in [4.78, 5) is 3.87. The van der Waals surface area contributed by atoms with Crippen molar-refractivity contribution in [1.29, 1.82) is 0 Å². The molecule has 0 spiro atoms. The fourth-order valence-electron chi connectivity index (χ4n) is 2.57. The Morgan fingerprint density at radius 3 is 3.00 bits per heavy atom. The highest BCUT2D eigenvalue weighted by atomic mass is 32.1. The third-order valence-electron chi connectivity index (χ3n) is 3.61. The molecule has 0 fully saturated rings. The van der Waals surface area contributed by atoms with Crippen LogP contribution in [0.5, 0.6) is 0 Å². The Labute approximate surface area is 120 Å². The molecule has 1 aromatic heterocycles. The normalized spacial score (nSPS) is 21.6. The number of aliphatic hydroxyl groups excluding tert-OH is 1. The number of thiophene rings is 1. The van der Waals surface area contributed by atoms with Crippen LogP contribution in [0.4, 0.5) is 0 Å². The van der Waals surface area contributed by atoms with Crippen LogP contribution < -0.4 is 0 Å². The lowest BCUT2D eigenvalue weighted by atomic mass is 10.0. The first-order valence-electron chi connectivity index (χ1n) is 7.14. The van der Waals surface area contributed by atoms with Crippen LogP contribution in [0.3, 0.4) is 0 Å². The van der Waals surface area contributed by atoms with E-state index in [4.69, 9.17) is 4.74 Å². The predicted molar refractivity (Wildman–Crippen MR) is 79.7 cm³/mol. The molecule has 1 N–H and O–H groups in total. The first kappa shape index (κ1) is 15.0. The molecular weight excluding hydrogens is 258 g/mol. The molecule has 19 heavy (non-hydrogen) atoms. The van der Waals surface area contributed by atoms with Crippen molar-refractivity contribution in [3.63, 3.8) is 0 Å². The topological polar surface area (TPSA) is 32.7 Å². The van der Waals surface area contributed by atoms with E-state index >= 15 is 0 Å². The molecule has 108 valence electrons. The largest absolute Gasteiger partial charge is 0.389 e. The lowest BCUT2D eigenvalue weighted by Gasteiger charge is -2.34. The Hall–Kier alpha value is -0.420. The van der Waals surface area contributed by atoms with E-state index < -0.39 is 0 Å². The highest BCUT2D eigenvalue weighted by molar-refractivity contribution is 7.10. The number of hydrogen-bond donors (Lipinski definition) is 1. The van der Waals surface area contributed by atoms with Gasteiger partial charge >= 0.3 is 0 Å². The van der Waals surface area contributed by atoms with Gasteiger partial charge in [-0.05, 0) is 36.3 Å². The van der Waals surface area contributed by atoms with Gasteiger partial charge in [0.15, 0.2) is 0 Å². The van der Waals surface area contributed by atoms with Gasteiger partial charge in [0.25, 0.3) is 0 Å². The number of β-amino-alcohol motifs (C(OH)–C–C–N with tert-alkyl or cyclic N) is 1. The van der Waals surface area contributed by atoms with E-state index in [9.17, 15) is 5.11 Å². The lowest BCUT2D eigenvalue weighted by molar-refractivity contribution is 0.000889. The fraction of sp³-hybridized carbons (Fsp3) is 0.733. The molecule has 0 aromatic carbocycles. The van der Waals surface area contributed by atoms with Crippen LogP contribution in [0.25, 0.3) is 0 Å². The van der Waals surface area contributed by atoms with Crippen LogP contribution in [0.2, 0.25) is 0 Å². The van der Waals surface area contributed by atoms with E-state index in [2.05, 4.69) is 37.1 Å². The zero-order chi connectivity index (χ0) is 13.8. The van der Waals surface area contributed by atoms with Crippen molar-refractivity contribution in [2.75, 3.05) is 26.3 Å². The van der Waals surface area contributed by atoms with Crippen molar-refractivity contribution in [2.24, 2.45) is 5.92 Å². The summed E-state index contributed by atoms with van der Waals surface area (Å²) in [5.41, 5.74) is 1.44. The van der Waals surface area contributed by atoms with Gasteiger partial charge < -0.3 is 9.84 Å². The average Bonchev–Trinajstić information content (AvgIpc) is 2.81. The summed E-state index contributed by atoms with van der Waals surface area (Å²) in [7, 11) is 0. The second-order valence-electron chi connectivity index (χ2n) is 5.81. The molecule has 0 bridgehead atoms. The summed E-state index contributed by atoms with van der Waals surface area (Å²) in [5, 5.41) is 12.2. The summed E-state index contributed by atoms with van der Waals surface area (Å²) < 4.78 is 5.51. The van der Waals surface area contributed by atoms with Gasteiger partial charge in [-0.2, -0.15) is 0 Å². The maximum Gasteiger partial charge on any atom is 0.0900 e. The zero-order valence-electron chi connectivity index (χ0n) is 12.1. The summed E-state index contributed by atoms with van der Waals surface area (Å²) >= 11 is 1.85. The number of aliphatic hydroxyl groups is 1. The molecule has 0 aliphatic carbocycles. The van der Waals surface area contributed by atoms with Gasteiger partial charge in [0, 0.05) is 30.6 Å². The molecule has 1 aliphatic rings. The molecule has 0 saturated carbocycles. The second-order valence-corrected chi connectivity index (χ2v) is 6.81. The number of fused-ring (bicyclic) bond motifs is 1. The van der Waals surface area contributed by atoms with Crippen molar-refractivity contribution in [2.45, 2.75) is 39.3 Å². The Morgan fingerprint density at radius 2 is 2.26 bits per heavy atom. The number of nitrogens with zero attached hydrogens (tertiary/aromatic N) is 1. The van der Waals surface area contributed by atoms with Crippen molar-refractivity contribution in [1.82, 2.24) is 4.90 Å². The van der Waals surface area contributed by atoms with Gasteiger partial charge in [-0.15, -0.1) is 11.3 Å². The molecule has 2 unspecified atom stereocenters. The summed E-state index contributed by atoms with van der Waals surface area (Å²) in [6.45, 7) is 9.38. The van der Waals surface area contributed by atoms with Crippen LogP contribution in [0.15, 0.2) is 11.4 Å². The smallest absolute Gasteiger partial charge is 0.0900 e. The lowest BCUT2D eigenvalue weighted by Crippen LogP contribution is -2.40. The summed E-state index contributed by atoms with van der Waals surface area (Å²) in [5.74, 6) is 0.523. The van der Waals surface area contributed by atoms with E-state index in [1.807, 2.05) is 11.3 Å². The number of hydrogen-bond acceptors (Lipinski definition) is 4. The minimum absolute atomic E-state index is 0.388. The molecule has 1 aromatic rings. The maximum atomic E-state index is 10.1. The molecule has 0 radical (unpaired) electrons. The predicted octanol–water partition coefficient (Wildman–Crippen LogP) is 2.70. The number of rotatable bonds is 6. The van der Waals surface area contributed by atoms with Crippen LogP contribution >= 0.6 is 11.3 Å². The monoisotopic (exact) mass is 283 g/mol. The van der Waals surface area contributed by atoms with Gasteiger partial charge in [0.05, 0.1) is 12.7 Å². The second kappa shape index (κ2) is 6.84. The van der Waals surface area contributed by atoms with E-state index in [1.54, 1.807) is 0 Å². The van der Waals surface area contributed by atoms with E-state index in [-0.39, 0.29) is 6.10 Å². The first-order valence-corrected chi connectivity index (χ1v) is 8.02. The van der Waals surface area contributed by atoms with Crippen LogP contribution in [0.1, 0.15) is 37.3 Å². The molecule has 2 rings (SSSR count). The van der Waals surface area contributed by atoms with Gasteiger partial charge in [0.2, 0.25) is 0 Å². The number of ether oxygens (including phenoxy) is 1. The molecule has 4 heteroatoms. The van der Waals surface area contributed by atoms with Crippen molar-refractivity contribution < 1.29 is 9.84 Å². The van der Waals surface area contributed by atoms with Crippen LogP contribution in [-0.2, 0) is 11.2 Å². The molecule has 1 aliphatic heterocycles. The minimum atomic E-state index is -0.388. The van der Waals surface area contributed by atoms with Crippen molar-refractivity contribution in [3.05, 3.63) is 21.9 Å². The SMILES string of the molecule is CC(C)COCC(O)CN1CCc2sccc2C1C. The minimum Gasteiger partial charge on any atom is -0.389 e. The standard InChI is InChI=1S/C15H25NO2S/c1-11(2)9-18-10-13(17)8-16-6-4-15-14(12(16)3)5-7-19-15/h5,7,11-13,17H,4,6,8-10H2,1-3H3. The third kappa shape index (κ3) is 4.02. The Balaban J connectivity index is 1.80. The molecule has 3 nitrogen and oxygen atoms in total. The molecule has 0 saturated heterocycles. The van der Waals surface area contributed by atoms with E-state index in [1.165, 1.54) is 10.4 Å². The Morgan fingerprint density at radius 1 is 1.47 bits per heavy atom. The maximum absolute atomic E-state index is 10.1. The zero-order valence-corrected chi connectivity index (χ0v) is 12.9. The molecule has 0 amide bonds. The fourth-order valence-corrected chi connectivity index (χ4v) is 3.54. The van der Waals surface area contributed by atoms with Gasteiger partial charge in [-0.3, -0.25) is 4.90 Å². The van der Waals surface area contributed by atoms with E-state index in [0.717, 1.165) is 19.6 Å². The van der Waals surface area contributed by atoms with Gasteiger partial charge in [0.1, 0.15) is 0 Å². The Kier molecular flexibility index (Phi) is 5.39. The molecule has 2 atom stereocenters. The highest BCUT2D eigenvalue weighted by Crippen LogP contribution is 2.32. The molecule has 2 heterocycles. The van der Waals surface area contributed by atoms with Crippen LogP contribution in [0, 0.1) is 5.92 Å². The van der Waals surface area contributed by atoms with E-state index in [0.29, 0.717) is 25.1 Å². The third-order valence-corrected chi connectivity index (χ3v) is 4.61. The van der Waals surface area contributed by atoms with Crippen LogP contribution in [-0.4, -0.2) is 42.4 Å².